The van der Waals surface area contributed by atoms with Crippen LogP contribution in [0.2, 0.25) is 0 Å². The molecule has 2 atom stereocenters. The fourth-order valence-electron chi connectivity index (χ4n) is 2.81. The summed E-state index contributed by atoms with van der Waals surface area (Å²) in [5, 5.41) is 19.5. The van der Waals surface area contributed by atoms with Crippen LogP contribution in [0.25, 0.3) is 0 Å². The van der Waals surface area contributed by atoms with Crippen LogP contribution in [0, 0.1) is 0 Å². The van der Waals surface area contributed by atoms with Crippen molar-refractivity contribution in [3.63, 3.8) is 0 Å². The highest BCUT2D eigenvalue weighted by atomic mass is 16.3. The molecule has 0 aliphatic rings. The minimum Gasteiger partial charge on any atom is -0.386 e. The van der Waals surface area contributed by atoms with Gasteiger partial charge in [0.2, 0.25) is 0 Å². The van der Waals surface area contributed by atoms with Gasteiger partial charge < -0.3 is 10.2 Å². The molecular weight excluding hydrogens is 392 g/mol. The van der Waals surface area contributed by atoms with Crippen LogP contribution in [0.4, 0.5) is 0 Å². The average Bonchev–Trinajstić information content (AvgIpc) is 2.67. The molecule has 0 fully saturated rings. The Morgan fingerprint density at radius 2 is 0.906 bits per heavy atom. The van der Waals surface area contributed by atoms with Gasteiger partial charge in [0.05, 0.1) is 11.2 Å². The molecule has 0 heterocycles. The Morgan fingerprint density at radius 1 is 0.594 bits per heavy atom. The summed E-state index contributed by atoms with van der Waals surface area (Å²) in [5.41, 5.74) is 4.10. The lowest BCUT2D eigenvalue weighted by molar-refractivity contribution is 0.103. The van der Waals surface area contributed by atoms with Crippen molar-refractivity contribution in [1.82, 2.24) is 0 Å². The van der Waals surface area contributed by atoms with Crippen molar-refractivity contribution >= 4 is 0 Å². The minimum atomic E-state index is -0.726. The predicted octanol–water partition coefficient (Wildman–Crippen LogP) is 8.79. The average molecular weight is 445 g/mol. The summed E-state index contributed by atoms with van der Waals surface area (Å²) in [6.07, 6.45) is 20.0. The summed E-state index contributed by atoms with van der Waals surface area (Å²) < 4.78 is 0. The van der Waals surface area contributed by atoms with Crippen LogP contribution in [0.3, 0.4) is 0 Å². The number of aliphatic hydroxyl groups is 2. The molecule has 184 valence electrons. The third-order valence-corrected chi connectivity index (χ3v) is 5.35. The lowest BCUT2D eigenvalue weighted by atomic mass is 9.99. The van der Waals surface area contributed by atoms with E-state index in [2.05, 4.69) is 79.0 Å². The van der Waals surface area contributed by atoms with E-state index >= 15 is 0 Å². The molecule has 2 N–H and O–H groups in total. The van der Waals surface area contributed by atoms with Crippen LogP contribution in [0.15, 0.2) is 71.9 Å². The van der Waals surface area contributed by atoms with Gasteiger partial charge in [0.25, 0.3) is 0 Å². The highest BCUT2D eigenvalue weighted by Gasteiger charge is 2.13. The molecule has 0 aromatic carbocycles. The second kappa shape index (κ2) is 17.9. The Hall–Kier alpha value is -1.64. The van der Waals surface area contributed by atoms with Gasteiger partial charge in [-0.3, -0.25) is 0 Å². The van der Waals surface area contributed by atoms with Gasteiger partial charge in [0.15, 0.2) is 0 Å². The second-order valence-corrected chi connectivity index (χ2v) is 9.94. The number of allylic oxidation sites excluding steroid dienone is 8. The van der Waals surface area contributed by atoms with Crippen molar-refractivity contribution in [3.8, 4) is 0 Å². The van der Waals surface area contributed by atoms with Gasteiger partial charge in [-0.2, -0.15) is 0 Å². The van der Waals surface area contributed by atoms with Crippen LogP contribution in [-0.2, 0) is 0 Å². The molecule has 2 heteroatoms. The first-order valence-electron chi connectivity index (χ1n) is 12.0. The van der Waals surface area contributed by atoms with Crippen molar-refractivity contribution in [2.24, 2.45) is 0 Å². The fourth-order valence-corrected chi connectivity index (χ4v) is 2.81. The molecule has 0 radical (unpaired) electrons. The normalized spacial score (nSPS) is 15.4. The maximum Gasteiger partial charge on any atom is 0.0800 e. The summed E-state index contributed by atoms with van der Waals surface area (Å²) in [6, 6.07) is 0. The van der Waals surface area contributed by atoms with Crippen molar-refractivity contribution in [1.29, 1.82) is 0 Å². The molecule has 0 rings (SSSR count). The van der Waals surface area contributed by atoms with Crippen LogP contribution in [0.5, 0.6) is 0 Å². The van der Waals surface area contributed by atoms with Gasteiger partial charge in [0, 0.05) is 0 Å². The Bertz CT molecular complexity index is 588. The van der Waals surface area contributed by atoms with Crippen LogP contribution in [0.1, 0.15) is 107 Å². The molecule has 0 saturated carbocycles. The maximum atomic E-state index is 9.73. The van der Waals surface area contributed by atoms with Crippen molar-refractivity contribution in [2.45, 2.75) is 118 Å². The highest BCUT2D eigenvalue weighted by Crippen LogP contribution is 2.16. The second-order valence-electron chi connectivity index (χ2n) is 9.94. The smallest absolute Gasteiger partial charge is 0.0800 e. The first kappa shape index (κ1) is 32.5. The zero-order valence-corrected chi connectivity index (χ0v) is 22.4. The van der Waals surface area contributed by atoms with Gasteiger partial charge in [0.1, 0.15) is 0 Å². The Labute approximate surface area is 200 Å². The van der Waals surface area contributed by atoms with Crippen LogP contribution < -0.4 is 0 Å². The third-order valence-electron chi connectivity index (χ3n) is 5.35. The minimum absolute atomic E-state index is 0.726. The van der Waals surface area contributed by atoms with Gasteiger partial charge in [-0.25, -0.2) is 0 Å². The van der Waals surface area contributed by atoms with E-state index in [4.69, 9.17) is 0 Å². The van der Waals surface area contributed by atoms with Gasteiger partial charge >= 0.3 is 0 Å². The fraction of sp³-hybridized carbons (Fsp3) is 0.600. The molecule has 0 aromatic rings. The highest BCUT2D eigenvalue weighted by molar-refractivity contribution is 5.04. The van der Waals surface area contributed by atoms with E-state index in [9.17, 15) is 10.2 Å². The SMILES string of the molecule is C=CC(C)(O)CC/C=C(\C)CCC=C(C)C.C=CC(C)(O)CCC=C(C)CCC=C(C)C. The van der Waals surface area contributed by atoms with Gasteiger partial charge in [-0.15, -0.1) is 13.2 Å². The molecule has 0 aliphatic carbocycles. The zero-order chi connectivity index (χ0) is 25.2. The van der Waals surface area contributed by atoms with Crippen LogP contribution >= 0.6 is 0 Å². The van der Waals surface area contributed by atoms with E-state index in [0.29, 0.717) is 0 Å². The number of hydrogen-bond acceptors (Lipinski definition) is 2. The summed E-state index contributed by atoms with van der Waals surface area (Å²) in [4.78, 5) is 0. The Morgan fingerprint density at radius 3 is 1.16 bits per heavy atom. The molecule has 0 bridgehead atoms. The maximum absolute atomic E-state index is 9.73. The van der Waals surface area contributed by atoms with Crippen molar-refractivity contribution in [2.75, 3.05) is 0 Å². The summed E-state index contributed by atoms with van der Waals surface area (Å²) in [7, 11) is 0. The summed E-state index contributed by atoms with van der Waals surface area (Å²) in [5.74, 6) is 0. The lowest BCUT2D eigenvalue weighted by Crippen LogP contribution is -2.19. The molecule has 2 nitrogen and oxygen atoms in total. The molecule has 32 heavy (non-hydrogen) atoms. The number of rotatable bonds is 14. The molecule has 0 saturated heterocycles. The van der Waals surface area contributed by atoms with Crippen molar-refractivity contribution < 1.29 is 10.2 Å². The molecule has 0 spiro atoms. The lowest BCUT2D eigenvalue weighted by Gasteiger charge is -2.16. The monoisotopic (exact) mass is 444 g/mol. The Kier molecular flexibility index (Phi) is 18.2. The quantitative estimate of drug-likeness (QED) is 0.263. The van der Waals surface area contributed by atoms with Crippen molar-refractivity contribution in [3.05, 3.63) is 71.9 Å². The molecule has 0 amide bonds. The summed E-state index contributed by atoms with van der Waals surface area (Å²) in [6.45, 7) is 23.6. The number of hydrogen-bond donors (Lipinski definition) is 2. The third kappa shape index (κ3) is 23.0. The first-order valence-corrected chi connectivity index (χ1v) is 12.0. The molecule has 0 aromatic heterocycles. The summed E-state index contributed by atoms with van der Waals surface area (Å²) >= 11 is 0. The predicted molar refractivity (Wildman–Crippen MR) is 145 cm³/mol. The van der Waals surface area contributed by atoms with E-state index in [1.807, 2.05) is 0 Å². The van der Waals surface area contributed by atoms with E-state index in [1.165, 1.54) is 22.3 Å². The molecular formula is C30H52O2. The van der Waals surface area contributed by atoms with Crippen LogP contribution in [-0.4, -0.2) is 21.4 Å². The Balaban J connectivity index is 0. The van der Waals surface area contributed by atoms with Gasteiger partial charge in [-0.1, -0.05) is 58.7 Å². The zero-order valence-electron chi connectivity index (χ0n) is 22.4. The van der Waals surface area contributed by atoms with E-state index in [-0.39, 0.29) is 0 Å². The standard InChI is InChI=1S/2C15H26O/c2*1-6-15(5,16)12-8-11-14(4)10-7-9-13(2)3/h2*6,9,11,16H,1,7-8,10,12H2,2-5H3/b14-11+;. The van der Waals surface area contributed by atoms with E-state index in [1.54, 1.807) is 26.0 Å². The van der Waals surface area contributed by atoms with E-state index < -0.39 is 11.2 Å². The van der Waals surface area contributed by atoms with E-state index in [0.717, 1.165) is 51.4 Å². The topological polar surface area (TPSA) is 40.5 Å². The van der Waals surface area contributed by atoms with Gasteiger partial charge in [-0.05, 0) is 107 Å². The largest absolute Gasteiger partial charge is 0.386 e. The molecule has 0 aliphatic heterocycles. The molecule has 2 unspecified atom stereocenters. The first-order chi connectivity index (χ1) is 14.7.